The first-order chi connectivity index (χ1) is 12.4. The zero-order chi connectivity index (χ0) is 18.3. The van der Waals surface area contributed by atoms with Crippen LogP contribution in [0.3, 0.4) is 0 Å². The van der Waals surface area contributed by atoms with Crippen LogP contribution in [0.25, 0.3) is 16.7 Å². The first kappa shape index (κ1) is 16.6. The summed E-state index contributed by atoms with van der Waals surface area (Å²) in [6, 6.07) is 8.04. The second kappa shape index (κ2) is 6.16. The van der Waals surface area contributed by atoms with Crippen LogP contribution in [0.15, 0.2) is 36.7 Å². The van der Waals surface area contributed by atoms with E-state index in [0.717, 1.165) is 22.5 Å². The fourth-order valence-corrected chi connectivity index (χ4v) is 3.23. The first-order valence-corrected chi connectivity index (χ1v) is 8.87. The second-order valence-electron chi connectivity index (χ2n) is 7.50. The molecule has 1 aromatic carbocycles. The maximum atomic E-state index is 12.3. The van der Waals surface area contributed by atoms with E-state index in [9.17, 15) is 4.79 Å². The molecule has 4 rings (SSSR count). The molecule has 3 aromatic rings. The van der Waals surface area contributed by atoms with E-state index in [1.165, 1.54) is 0 Å². The van der Waals surface area contributed by atoms with Gasteiger partial charge >= 0.3 is 6.09 Å². The van der Waals surface area contributed by atoms with E-state index >= 15 is 0 Å². The Kier molecular flexibility index (Phi) is 3.94. The molecule has 0 aliphatic carbocycles. The predicted octanol–water partition coefficient (Wildman–Crippen LogP) is 2.94. The summed E-state index contributed by atoms with van der Waals surface area (Å²) in [6.07, 6.45) is 3.50. The van der Waals surface area contributed by atoms with Crippen molar-refractivity contribution in [1.82, 2.24) is 19.3 Å². The Labute approximate surface area is 152 Å². The van der Waals surface area contributed by atoms with Gasteiger partial charge in [0.15, 0.2) is 11.5 Å². The highest BCUT2D eigenvalue weighted by Gasteiger charge is 2.27. The molecule has 7 heteroatoms. The van der Waals surface area contributed by atoms with Crippen molar-refractivity contribution in [1.29, 1.82) is 0 Å². The van der Waals surface area contributed by atoms with Gasteiger partial charge in [-0.1, -0.05) is 12.1 Å². The third-order valence-electron chi connectivity index (χ3n) is 4.44. The maximum absolute atomic E-state index is 12.3. The molecule has 1 aliphatic heterocycles. The van der Waals surface area contributed by atoms with Crippen molar-refractivity contribution in [3.05, 3.63) is 36.7 Å². The van der Waals surface area contributed by atoms with Gasteiger partial charge in [0.1, 0.15) is 5.60 Å². The van der Waals surface area contributed by atoms with Crippen LogP contribution in [0, 0.1) is 0 Å². The van der Waals surface area contributed by atoms with Crippen LogP contribution in [-0.4, -0.2) is 57.1 Å². The smallest absolute Gasteiger partial charge is 0.410 e. The van der Waals surface area contributed by atoms with E-state index in [-0.39, 0.29) is 6.09 Å². The third kappa shape index (κ3) is 3.05. The van der Waals surface area contributed by atoms with E-state index in [0.29, 0.717) is 26.2 Å². The van der Waals surface area contributed by atoms with Crippen LogP contribution in [-0.2, 0) is 4.74 Å². The normalized spacial score (nSPS) is 15.7. The number of carbonyl (C=O) groups excluding carboxylic acids is 1. The molecular formula is C19H23N5O2. The Morgan fingerprint density at radius 3 is 2.58 bits per heavy atom. The van der Waals surface area contributed by atoms with Gasteiger partial charge in [0.2, 0.25) is 0 Å². The second-order valence-corrected chi connectivity index (χ2v) is 7.50. The number of ether oxygens (including phenoxy) is 1. The minimum absolute atomic E-state index is 0.255. The zero-order valence-electron chi connectivity index (χ0n) is 15.3. The number of hydrogen-bond acceptors (Lipinski definition) is 5. The van der Waals surface area contributed by atoms with E-state index in [1.54, 1.807) is 11.1 Å². The molecule has 136 valence electrons. The Hall–Kier alpha value is -2.83. The zero-order valence-corrected chi connectivity index (χ0v) is 15.3. The predicted molar refractivity (Wildman–Crippen MR) is 101 cm³/mol. The summed E-state index contributed by atoms with van der Waals surface area (Å²) in [5.74, 6) is 0.859. The van der Waals surface area contributed by atoms with E-state index in [1.807, 2.05) is 51.2 Å². The minimum Gasteiger partial charge on any atom is -0.444 e. The Morgan fingerprint density at radius 2 is 1.85 bits per heavy atom. The van der Waals surface area contributed by atoms with Crippen LogP contribution in [0.2, 0.25) is 0 Å². The number of carbonyl (C=O) groups is 1. The highest BCUT2D eigenvalue weighted by molar-refractivity contribution is 5.83. The summed E-state index contributed by atoms with van der Waals surface area (Å²) in [7, 11) is 0. The molecule has 0 unspecified atom stereocenters. The number of benzene rings is 1. The van der Waals surface area contributed by atoms with Crippen molar-refractivity contribution in [2.24, 2.45) is 0 Å². The molecule has 26 heavy (non-hydrogen) atoms. The third-order valence-corrected chi connectivity index (χ3v) is 4.44. The molecule has 1 saturated heterocycles. The van der Waals surface area contributed by atoms with Crippen molar-refractivity contribution in [2.45, 2.75) is 26.4 Å². The van der Waals surface area contributed by atoms with Crippen LogP contribution >= 0.6 is 0 Å². The molecular weight excluding hydrogens is 330 g/mol. The molecule has 0 bridgehead atoms. The number of hydrogen-bond donors (Lipinski definition) is 0. The van der Waals surface area contributed by atoms with Crippen LogP contribution < -0.4 is 4.90 Å². The minimum atomic E-state index is -0.476. The number of fused-ring (bicyclic) bond motifs is 3. The molecule has 0 saturated carbocycles. The van der Waals surface area contributed by atoms with Crippen molar-refractivity contribution >= 4 is 28.6 Å². The van der Waals surface area contributed by atoms with Crippen LogP contribution in [0.1, 0.15) is 20.8 Å². The van der Waals surface area contributed by atoms with Gasteiger partial charge in [0, 0.05) is 38.6 Å². The molecule has 1 fully saturated rings. The van der Waals surface area contributed by atoms with E-state index in [4.69, 9.17) is 9.72 Å². The lowest BCUT2D eigenvalue weighted by atomic mass is 10.2. The summed E-state index contributed by atoms with van der Waals surface area (Å²) in [4.78, 5) is 25.5. The topological polar surface area (TPSA) is 63.0 Å². The fraction of sp³-hybridized carbons (Fsp3) is 0.421. The quantitative estimate of drug-likeness (QED) is 0.673. The lowest BCUT2D eigenvalue weighted by molar-refractivity contribution is 0.0240. The molecule has 1 aliphatic rings. The van der Waals surface area contributed by atoms with Crippen molar-refractivity contribution in [2.75, 3.05) is 31.1 Å². The van der Waals surface area contributed by atoms with Gasteiger partial charge in [0.25, 0.3) is 0 Å². The highest BCUT2D eigenvalue weighted by Crippen LogP contribution is 2.24. The number of amides is 1. The maximum Gasteiger partial charge on any atom is 0.410 e. The van der Waals surface area contributed by atoms with Gasteiger partial charge in [-0.05, 0) is 32.9 Å². The molecule has 1 amide bonds. The number of nitrogens with zero attached hydrogens (tertiary/aromatic N) is 5. The van der Waals surface area contributed by atoms with Crippen molar-refractivity contribution in [3.63, 3.8) is 0 Å². The highest BCUT2D eigenvalue weighted by atomic mass is 16.6. The van der Waals surface area contributed by atoms with Crippen molar-refractivity contribution < 1.29 is 9.53 Å². The Bertz CT molecular complexity index is 951. The van der Waals surface area contributed by atoms with E-state index < -0.39 is 5.60 Å². The Balaban J connectivity index is 1.58. The summed E-state index contributed by atoms with van der Waals surface area (Å²) in [6.45, 7) is 8.27. The van der Waals surface area contributed by atoms with Gasteiger partial charge in [0.05, 0.1) is 11.0 Å². The summed E-state index contributed by atoms with van der Waals surface area (Å²) >= 11 is 0. The van der Waals surface area contributed by atoms with Gasteiger partial charge < -0.3 is 14.5 Å². The van der Waals surface area contributed by atoms with Gasteiger partial charge in [-0.2, -0.15) is 0 Å². The lowest BCUT2D eigenvalue weighted by Crippen LogP contribution is -2.50. The molecule has 3 heterocycles. The largest absolute Gasteiger partial charge is 0.444 e. The summed E-state index contributed by atoms with van der Waals surface area (Å²) in [5.41, 5.74) is 2.34. The monoisotopic (exact) mass is 353 g/mol. The number of rotatable bonds is 1. The number of aromatic nitrogens is 3. The van der Waals surface area contributed by atoms with Gasteiger partial charge in [-0.25, -0.2) is 14.8 Å². The average Bonchev–Trinajstić information content (AvgIpc) is 3.10. The first-order valence-electron chi connectivity index (χ1n) is 8.87. The van der Waals surface area contributed by atoms with Crippen molar-refractivity contribution in [3.8, 4) is 0 Å². The molecule has 0 atom stereocenters. The number of anilines is 1. The lowest BCUT2D eigenvalue weighted by Gasteiger charge is -2.36. The van der Waals surface area contributed by atoms with Gasteiger partial charge in [-0.3, -0.25) is 4.40 Å². The molecule has 0 radical (unpaired) electrons. The number of para-hydroxylation sites is 2. The molecule has 7 nitrogen and oxygen atoms in total. The van der Waals surface area contributed by atoms with Gasteiger partial charge in [-0.15, -0.1) is 0 Å². The van der Waals surface area contributed by atoms with Crippen LogP contribution in [0.4, 0.5) is 10.6 Å². The fourth-order valence-electron chi connectivity index (χ4n) is 3.23. The summed E-state index contributed by atoms with van der Waals surface area (Å²) < 4.78 is 7.54. The summed E-state index contributed by atoms with van der Waals surface area (Å²) in [5, 5.41) is 0. The SMILES string of the molecule is CC(C)(C)OC(=O)N1CCN(c2nc3ccccc3n3ccnc23)CC1. The number of imidazole rings is 1. The number of piperazine rings is 1. The Morgan fingerprint density at radius 1 is 1.12 bits per heavy atom. The van der Waals surface area contributed by atoms with E-state index in [2.05, 4.69) is 14.3 Å². The molecule has 0 spiro atoms. The van der Waals surface area contributed by atoms with Crippen LogP contribution in [0.5, 0.6) is 0 Å². The molecule has 2 aromatic heterocycles. The average molecular weight is 353 g/mol. The molecule has 0 N–H and O–H groups in total. The standard InChI is InChI=1S/C19H23N5O2/c1-19(2,3)26-18(25)23-12-10-22(11-13-23)17-16-20-8-9-24(16)15-7-5-4-6-14(15)21-17/h4-9H,10-13H2,1-3H3.